The van der Waals surface area contributed by atoms with Crippen molar-refractivity contribution >= 4 is 15.9 Å². The summed E-state index contributed by atoms with van der Waals surface area (Å²) in [5.41, 5.74) is -1.05. The third kappa shape index (κ3) is 5.71. The first-order chi connectivity index (χ1) is 11.7. The molecule has 1 aliphatic heterocycles. The minimum Gasteiger partial charge on any atom is -0.342 e. The van der Waals surface area contributed by atoms with Gasteiger partial charge in [0.2, 0.25) is 15.9 Å². The standard InChI is InChI=1S/C16H21F3N2O3S/c17-16(18,19)13-7-6-8-14(11-13)25(23,24)20-12-15(22)21-9-4-2-1-3-5-10-21/h6-8,11,20H,1-5,9-10,12H2. The molecule has 0 radical (unpaired) electrons. The summed E-state index contributed by atoms with van der Waals surface area (Å²) >= 11 is 0. The van der Waals surface area contributed by atoms with Crippen LogP contribution in [-0.2, 0) is 21.0 Å². The highest BCUT2D eigenvalue weighted by atomic mass is 32.2. The Kier molecular flexibility index (Phi) is 6.45. The molecule has 0 aliphatic carbocycles. The minimum atomic E-state index is -4.63. The Morgan fingerprint density at radius 1 is 1.08 bits per heavy atom. The van der Waals surface area contributed by atoms with E-state index in [1.54, 1.807) is 4.90 Å². The van der Waals surface area contributed by atoms with Gasteiger partial charge in [-0.15, -0.1) is 0 Å². The van der Waals surface area contributed by atoms with Crippen LogP contribution in [-0.4, -0.2) is 38.9 Å². The Labute approximate surface area is 145 Å². The molecule has 1 aliphatic rings. The topological polar surface area (TPSA) is 66.5 Å². The van der Waals surface area contributed by atoms with Gasteiger partial charge in [0.05, 0.1) is 17.0 Å². The van der Waals surface area contributed by atoms with Crippen LogP contribution >= 0.6 is 0 Å². The van der Waals surface area contributed by atoms with Gasteiger partial charge in [-0.3, -0.25) is 4.79 Å². The molecule has 0 bridgehead atoms. The molecule has 1 aromatic carbocycles. The van der Waals surface area contributed by atoms with Crippen LogP contribution in [0, 0.1) is 0 Å². The van der Waals surface area contributed by atoms with E-state index in [9.17, 15) is 26.4 Å². The van der Waals surface area contributed by atoms with Crippen LogP contribution in [0.3, 0.4) is 0 Å². The molecule has 0 aromatic heterocycles. The SMILES string of the molecule is O=C(CNS(=O)(=O)c1cccc(C(F)(F)F)c1)N1CCCCCCC1. The number of carbonyl (C=O) groups is 1. The van der Waals surface area contributed by atoms with E-state index >= 15 is 0 Å². The number of likely N-dealkylation sites (tertiary alicyclic amines) is 1. The maximum atomic E-state index is 12.7. The second kappa shape index (κ2) is 8.18. The second-order valence-electron chi connectivity index (χ2n) is 6.00. The first-order valence-electron chi connectivity index (χ1n) is 8.15. The second-order valence-corrected chi connectivity index (χ2v) is 7.77. The highest BCUT2D eigenvalue weighted by Gasteiger charge is 2.31. The molecule has 0 atom stereocenters. The molecule has 2 rings (SSSR count). The number of carbonyl (C=O) groups excluding carboxylic acids is 1. The van der Waals surface area contributed by atoms with E-state index in [1.165, 1.54) is 0 Å². The summed E-state index contributed by atoms with van der Waals surface area (Å²) in [7, 11) is -4.19. The molecule has 1 fully saturated rings. The fourth-order valence-electron chi connectivity index (χ4n) is 2.69. The van der Waals surface area contributed by atoms with Crippen LogP contribution in [0.5, 0.6) is 0 Å². The number of benzene rings is 1. The lowest BCUT2D eigenvalue weighted by Gasteiger charge is -2.24. The lowest BCUT2D eigenvalue weighted by Crippen LogP contribution is -2.41. The summed E-state index contributed by atoms with van der Waals surface area (Å²) in [6.45, 7) is 0.687. The Bertz CT molecular complexity index is 697. The number of rotatable bonds is 4. The highest BCUT2D eigenvalue weighted by molar-refractivity contribution is 7.89. The summed E-state index contributed by atoms with van der Waals surface area (Å²) in [6.07, 6.45) is 0.286. The van der Waals surface area contributed by atoms with Crippen molar-refractivity contribution < 1.29 is 26.4 Å². The Hall–Kier alpha value is -1.61. The first-order valence-corrected chi connectivity index (χ1v) is 9.63. The maximum absolute atomic E-state index is 12.7. The van der Waals surface area contributed by atoms with Gasteiger partial charge >= 0.3 is 6.18 Å². The normalized spacial score (nSPS) is 17.0. The van der Waals surface area contributed by atoms with Crippen LogP contribution in [0.2, 0.25) is 0 Å². The van der Waals surface area contributed by atoms with Gasteiger partial charge in [-0.05, 0) is 31.0 Å². The highest BCUT2D eigenvalue weighted by Crippen LogP contribution is 2.30. The minimum absolute atomic E-state index is 0.363. The monoisotopic (exact) mass is 378 g/mol. The Morgan fingerprint density at radius 3 is 2.28 bits per heavy atom. The summed E-state index contributed by atoms with van der Waals surface area (Å²) in [4.78, 5) is 13.3. The fourth-order valence-corrected chi connectivity index (χ4v) is 3.71. The van der Waals surface area contributed by atoms with E-state index < -0.39 is 33.2 Å². The molecule has 0 unspecified atom stereocenters. The third-order valence-corrected chi connectivity index (χ3v) is 5.49. The average Bonchev–Trinajstić information content (AvgIpc) is 2.52. The van der Waals surface area contributed by atoms with Crippen molar-refractivity contribution in [1.29, 1.82) is 0 Å². The van der Waals surface area contributed by atoms with E-state index in [0.29, 0.717) is 19.2 Å². The zero-order valence-electron chi connectivity index (χ0n) is 13.7. The summed E-state index contributed by atoms with van der Waals surface area (Å²) in [5, 5.41) is 0. The molecule has 1 amide bonds. The van der Waals surface area contributed by atoms with E-state index in [2.05, 4.69) is 4.72 Å². The van der Waals surface area contributed by atoms with Crippen molar-refractivity contribution in [2.24, 2.45) is 0 Å². The predicted molar refractivity (Wildman–Crippen MR) is 86.3 cm³/mol. The lowest BCUT2D eigenvalue weighted by molar-refractivity contribution is -0.137. The molecule has 1 aromatic rings. The van der Waals surface area contributed by atoms with E-state index in [0.717, 1.165) is 50.3 Å². The van der Waals surface area contributed by atoms with Crippen molar-refractivity contribution in [3.05, 3.63) is 29.8 Å². The fraction of sp³-hybridized carbons (Fsp3) is 0.562. The van der Waals surface area contributed by atoms with Gasteiger partial charge in [-0.2, -0.15) is 13.2 Å². The number of nitrogens with zero attached hydrogens (tertiary/aromatic N) is 1. The number of nitrogens with one attached hydrogen (secondary N) is 1. The van der Waals surface area contributed by atoms with Gasteiger partial charge in [-0.25, -0.2) is 13.1 Å². The lowest BCUT2D eigenvalue weighted by atomic mass is 10.1. The quantitative estimate of drug-likeness (QED) is 0.876. The van der Waals surface area contributed by atoms with Crippen LogP contribution in [0.25, 0.3) is 0 Å². The number of hydrogen-bond donors (Lipinski definition) is 1. The van der Waals surface area contributed by atoms with Crippen molar-refractivity contribution in [1.82, 2.24) is 9.62 Å². The number of alkyl halides is 3. The number of hydrogen-bond acceptors (Lipinski definition) is 3. The van der Waals surface area contributed by atoms with Gasteiger partial charge in [0.1, 0.15) is 0 Å². The van der Waals surface area contributed by atoms with E-state index in [4.69, 9.17) is 0 Å². The van der Waals surface area contributed by atoms with Crippen molar-refractivity contribution in [3.63, 3.8) is 0 Å². The van der Waals surface area contributed by atoms with Crippen molar-refractivity contribution in [2.75, 3.05) is 19.6 Å². The molecule has 9 heteroatoms. The van der Waals surface area contributed by atoms with Gasteiger partial charge in [0, 0.05) is 13.1 Å². The zero-order valence-corrected chi connectivity index (χ0v) is 14.5. The van der Waals surface area contributed by atoms with Gasteiger partial charge in [-0.1, -0.05) is 25.3 Å². The largest absolute Gasteiger partial charge is 0.416 e. The number of amides is 1. The van der Waals surface area contributed by atoms with Crippen LogP contribution in [0.15, 0.2) is 29.2 Å². The molecule has 5 nitrogen and oxygen atoms in total. The summed E-state index contributed by atoms with van der Waals surface area (Å²) in [6, 6.07) is 3.45. The van der Waals surface area contributed by atoms with Crippen LogP contribution < -0.4 is 4.72 Å². The molecule has 0 saturated carbocycles. The van der Waals surface area contributed by atoms with E-state index in [1.807, 2.05) is 0 Å². The molecular weight excluding hydrogens is 357 g/mol. The maximum Gasteiger partial charge on any atom is 0.416 e. The van der Waals surface area contributed by atoms with Crippen LogP contribution in [0.1, 0.15) is 37.7 Å². The predicted octanol–water partition coefficient (Wildman–Crippen LogP) is 2.78. The average molecular weight is 378 g/mol. The molecular formula is C16H21F3N2O3S. The number of sulfonamides is 1. The molecule has 1 saturated heterocycles. The van der Waals surface area contributed by atoms with Gasteiger partial charge in [0.15, 0.2) is 0 Å². The van der Waals surface area contributed by atoms with Crippen LogP contribution in [0.4, 0.5) is 13.2 Å². The van der Waals surface area contributed by atoms with E-state index in [-0.39, 0.29) is 5.91 Å². The number of halogens is 3. The summed E-state index contributed by atoms with van der Waals surface area (Å²) < 4.78 is 64.6. The van der Waals surface area contributed by atoms with Gasteiger partial charge < -0.3 is 4.90 Å². The molecule has 25 heavy (non-hydrogen) atoms. The first kappa shape index (κ1) is 19.7. The Balaban J connectivity index is 2.02. The summed E-state index contributed by atoms with van der Waals surface area (Å²) in [5.74, 6) is -0.363. The molecule has 1 N–H and O–H groups in total. The van der Waals surface area contributed by atoms with Gasteiger partial charge in [0.25, 0.3) is 0 Å². The zero-order chi connectivity index (χ0) is 18.5. The smallest absolute Gasteiger partial charge is 0.342 e. The van der Waals surface area contributed by atoms with Crippen molar-refractivity contribution in [2.45, 2.75) is 43.2 Å². The van der Waals surface area contributed by atoms with Crippen molar-refractivity contribution in [3.8, 4) is 0 Å². The molecule has 1 heterocycles. The molecule has 0 spiro atoms. The third-order valence-electron chi connectivity index (χ3n) is 4.09. The Morgan fingerprint density at radius 2 is 1.68 bits per heavy atom. The molecule has 140 valence electrons.